The van der Waals surface area contributed by atoms with E-state index >= 15 is 0 Å². The molecule has 0 radical (unpaired) electrons. The summed E-state index contributed by atoms with van der Waals surface area (Å²) in [5.41, 5.74) is 1.19. The summed E-state index contributed by atoms with van der Waals surface area (Å²) in [6.45, 7) is 6.18. The fourth-order valence-corrected chi connectivity index (χ4v) is 2.69. The van der Waals surface area contributed by atoms with Gasteiger partial charge in [-0.3, -0.25) is 0 Å². The van der Waals surface area contributed by atoms with Crippen molar-refractivity contribution < 1.29 is 0 Å². The van der Waals surface area contributed by atoms with Crippen LogP contribution in [0.2, 0.25) is 5.02 Å². The number of hydrogen-bond acceptors (Lipinski definition) is 2. The minimum atomic E-state index is 0.354. The highest BCUT2D eigenvalue weighted by Crippen LogP contribution is 2.18. The highest BCUT2D eigenvalue weighted by Gasteiger charge is 2.14. The Balaban J connectivity index is 2.09. The SMILES string of the molecule is CCNC(Cc1ccccc1Cl)Cc1nccn1CC. The van der Waals surface area contributed by atoms with Crippen LogP contribution in [0.15, 0.2) is 36.7 Å². The molecule has 0 bridgehead atoms. The molecule has 0 aliphatic heterocycles. The minimum Gasteiger partial charge on any atom is -0.335 e. The first kappa shape index (κ1) is 15.1. The van der Waals surface area contributed by atoms with Gasteiger partial charge in [0.15, 0.2) is 0 Å². The molecule has 1 heterocycles. The lowest BCUT2D eigenvalue weighted by Crippen LogP contribution is -2.34. The molecule has 0 spiro atoms. The van der Waals surface area contributed by atoms with Gasteiger partial charge in [0.1, 0.15) is 5.82 Å². The van der Waals surface area contributed by atoms with E-state index in [1.54, 1.807) is 0 Å². The van der Waals surface area contributed by atoms with Crippen molar-refractivity contribution in [2.24, 2.45) is 0 Å². The minimum absolute atomic E-state index is 0.354. The first-order valence-corrected chi connectivity index (χ1v) is 7.59. The number of imidazole rings is 1. The molecule has 0 aliphatic carbocycles. The van der Waals surface area contributed by atoms with Crippen molar-refractivity contribution in [3.05, 3.63) is 53.1 Å². The van der Waals surface area contributed by atoms with Gasteiger partial charge in [-0.25, -0.2) is 4.98 Å². The monoisotopic (exact) mass is 291 g/mol. The van der Waals surface area contributed by atoms with Crippen LogP contribution >= 0.6 is 11.6 Å². The lowest BCUT2D eigenvalue weighted by Gasteiger charge is -2.19. The zero-order valence-corrected chi connectivity index (χ0v) is 12.9. The van der Waals surface area contributed by atoms with Gasteiger partial charge >= 0.3 is 0 Å². The summed E-state index contributed by atoms with van der Waals surface area (Å²) < 4.78 is 2.19. The summed E-state index contributed by atoms with van der Waals surface area (Å²) in [7, 11) is 0. The van der Waals surface area contributed by atoms with E-state index in [9.17, 15) is 0 Å². The quantitative estimate of drug-likeness (QED) is 0.848. The molecule has 1 unspecified atom stereocenters. The number of likely N-dealkylation sites (N-methyl/N-ethyl adjacent to an activating group) is 1. The Labute approximate surface area is 126 Å². The topological polar surface area (TPSA) is 29.9 Å². The maximum atomic E-state index is 6.26. The van der Waals surface area contributed by atoms with Crippen LogP contribution in [0, 0.1) is 0 Å². The van der Waals surface area contributed by atoms with E-state index < -0.39 is 0 Å². The van der Waals surface area contributed by atoms with E-state index in [-0.39, 0.29) is 0 Å². The fraction of sp³-hybridized carbons (Fsp3) is 0.438. The zero-order chi connectivity index (χ0) is 14.4. The van der Waals surface area contributed by atoms with Gasteiger partial charge in [-0.1, -0.05) is 36.7 Å². The molecule has 2 rings (SSSR count). The average Bonchev–Trinajstić information content (AvgIpc) is 2.89. The third-order valence-corrected chi connectivity index (χ3v) is 3.86. The van der Waals surface area contributed by atoms with Gasteiger partial charge in [-0.05, 0) is 31.5 Å². The van der Waals surface area contributed by atoms with Gasteiger partial charge in [-0.15, -0.1) is 0 Å². The number of benzene rings is 1. The summed E-state index contributed by atoms with van der Waals surface area (Å²) in [6.07, 6.45) is 5.75. The molecule has 4 heteroatoms. The van der Waals surface area contributed by atoms with Crippen LogP contribution in [-0.2, 0) is 19.4 Å². The average molecular weight is 292 g/mol. The Kier molecular flexibility index (Phi) is 5.62. The fourth-order valence-electron chi connectivity index (χ4n) is 2.47. The van der Waals surface area contributed by atoms with Gasteiger partial charge in [0.05, 0.1) is 0 Å². The molecule has 1 aromatic heterocycles. The summed E-state index contributed by atoms with van der Waals surface area (Å²) >= 11 is 6.26. The normalized spacial score (nSPS) is 12.6. The highest BCUT2D eigenvalue weighted by molar-refractivity contribution is 6.31. The first-order chi connectivity index (χ1) is 9.74. The van der Waals surface area contributed by atoms with Crippen LogP contribution in [0.5, 0.6) is 0 Å². The predicted molar refractivity (Wildman–Crippen MR) is 84.2 cm³/mol. The first-order valence-electron chi connectivity index (χ1n) is 7.21. The van der Waals surface area contributed by atoms with E-state index in [0.717, 1.165) is 36.8 Å². The molecule has 0 aliphatic rings. The zero-order valence-electron chi connectivity index (χ0n) is 12.1. The Morgan fingerprint density at radius 1 is 1.25 bits per heavy atom. The molecule has 0 fully saturated rings. The molecule has 3 nitrogen and oxygen atoms in total. The Hall–Kier alpha value is -1.32. The molecular formula is C16H22ClN3. The van der Waals surface area contributed by atoms with Crippen LogP contribution in [0.4, 0.5) is 0 Å². The molecule has 1 N–H and O–H groups in total. The third kappa shape index (κ3) is 3.84. The van der Waals surface area contributed by atoms with Crippen LogP contribution in [0.25, 0.3) is 0 Å². The van der Waals surface area contributed by atoms with Crippen molar-refractivity contribution in [1.82, 2.24) is 14.9 Å². The van der Waals surface area contributed by atoms with Gasteiger partial charge in [0.2, 0.25) is 0 Å². The van der Waals surface area contributed by atoms with Crippen LogP contribution in [0.3, 0.4) is 0 Å². The van der Waals surface area contributed by atoms with E-state index in [4.69, 9.17) is 11.6 Å². The van der Waals surface area contributed by atoms with E-state index in [1.807, 2.05) is 30.6 Å². The van der Waals surface area contributed by atoms with Crippen molar-refractivity contribution in [3.63, 3.8) is 0 Å². The lowest BCUT2D eigenvalue weighted by molar-refractivity contribution is 0.499. The van der Waals surface area contributed by atoms with Crippen molar-refractivity contribution in [3.8, 4) is 0 Å². The van der Waals surface area contributed by atoms with Crippen molar-refractivity contribution >= 4 is 11.6 Å². The smallest absolute Gasteiger partial charge is 0.110 e. The van der Waals surface area contributed by atoms with E-state index in [1.165, 1.54) is 5.56 Å². The Morgan fingerprint density at radius 2 is 2.05 bits per heavy atom. The number of hydrogen-bond donors (Lipinski definition) is 1. The Morgan fingerprint density at radius 3 is 2.75 bits per heavy atom. The second kappa shape index (κ2) is 7.46. The van der Waals surface area contributed by atoms with E-state index in [0.29, 0.717) is 6.04 Å². The second-order valence-corrected chi connectivity index (χ2v) is 5.29. The van der Waals surface area contributed by atoms with Crippen LogP contribution in [-0.4, -0.2) is 22.1 Å². The van der Waals surface area contributed by atoms with Crippen molar-refractivity contribution in [2.75, 3.05) is 6.54 Å². The number of nitrogens with zero attached hydrogens (tertiary/aromatic N) is 2. The summed E-state index contributed by atoms with van der Waals surface area (Å²) in [6, 6.07) is 8.41. The van der Waals surface area contributed by atoms with Crippen LogP contribution in [0.1, 0.15) is 25.2 Å². The Bertz CT molecular complexity index is 536. The largest absolute Gasteiger partial charge is 0.335 e. The predicted octanol–water partition coefficient (Wildman–Crippen LogP) is 3.32. The van der Waals surface area contributed by atoms with Crippen molar-refractivity contribution in [1.29, 1.82) is 0 Å². The molecule has 0 saturated heterocycles. The number of rotatable bonds is 7. The lowest BCUT2D eigenvalue weighted by atomic mass is 10.0. The molecule has 20 heavy (non-hydrogen) atoms. The van der Waals surface area contributed by atoms with Gasteiger partial charge in [-0.2, -0.15) is 0 Å². The van der Waals surface area contributed by atoms with E-state index in [2.05, 4.69) is 34.8 Å². The standard InChI is InChI=1S/C16H22ClN3/c1-3-18-14(11-13-7-5-6-8-15(13)17)12-16-19-9-10-20(16)4-2/h5-10,14,18H,3-4,11-12H2,1-2H3. The number of aryl methyl sites for hydroxylation is 1. The number of aromatic nitrogens is 2. The maximum Gasteiger partial charge on any atom is 0.110 e. The molecule has 0 amide bonds. The summed E-state index contributed by atoms with van der Waals surface area (Å²) in [5.74, 6) is 1.13. The second-order valence-electron chi connectivity index (χ2n) is 4.88. The molecule has 1 aromatic carbocycles. The summed E-state index contributed by atoms with van der Waals surface area (Å²) in [4.78, 5) is 4.46. The molecular weight excluding hydrogens is 270 g/mol. The molecule has 1 atom stereocenters. The van der Waals surface area contributed by atoms with Crippen molar-refractivity contribution in [2.45, 2.75) is 39.3 Å². The van der Waals surface area contributed by atoms with Gasteiger partial charge in [0.25, 0.3) is 0 Å². The van der Waals surface area contributed by atoms with Gasteiger partial charge < -0.3 is 9.88 Å². The highest BCUT2D eigenvalue weighted by atomic mass is 35.5. The third-order valence-electron chi connectivity index (χ3n) is 3.49. The summed E-state index contributed by atoms with van der Waals surface area (Å²) in [5, 5.41) is 4.38. The molecule has 108 valence electrons. The maximum absolute atomic E-state index is 6.26. The van der Waals surface area contributed by atoms with Crippen LogP contribution < -0.4 is 5.32 Å². The van der Waals surface area contributed by atoms with Gasteiger partial charge in [0, 0.05) is 36.4 Å². The molecule has 0 saturated carbocycles. The number of halogens is 1. The molecule has 2 aromatic rings. The number of nitrogens with one attached hydrogen (secondary N) is 1.